The Morgan fingerprint density at radius 2 is 1.89 bits per heavy atom. The summed E-state index contributed by atoms with van der Waals surface area (Å²) >= 11 is 6.12. The van der Waals surface area contributed by atoms with Crippen molar-refractivity contribution in [1.29, 1.82) is 0 Å². The van der Waals surface area contributed by atoms with E-state index < -0.39 is 0 Å². The van der Waals surface area contributed by atoms with Gasteiger partial charge in [0.25, 0.3) is 0 Å². The van der Waals surface area contributed by atoms with Crippen LogP contribution in [0.1, 0.15) is 50.1 Å². The highest BCUT2D eigenvalue weighted by Gasteiger charge is 2.24. The Balaban J connectivity index is 2.23. The fraction of sp³-hybridized carbons (Fsp3) is 0.600. The number of hydrogen-bond acceptors (Lipinski definition) is 1. The van der Waals surface area contributed by atoms with Crippen LogP contribution in [0.2, 0.25) is 0 Å². The van der Waals surface area contributed by atoms with Crippen molar-refractivity contribution in [2.24, 2.45) is 5.92 Å². The summed E-state index contributed by atoms with van der Waals surface area (Å²) in [5, 5.41) is 3.55. The molecule has 18 heavy (non-hydrogen) atoms. The maximum absolute atomic E-state index is 3.71. The molecule has 1 aliphatic rings. The Morgan fingerprint density at radius 1 is 1.22 bits per heavy atom. The molecule has 1 saturated carbocycles. The summed E-state index contributed by atoms with van der Waals surface area (Å²) in [6.45, 7) is 0. The minimum atomic E-state index is 0.493. The number of benzene rings is 1. The van der Waals surface area contributed by atoms with E-state index in [4.69, 9.17) is 0 Å². The van der Waals surface area contributed by atoms with Gasteiger partial charge in [-0.25, -0.2) is 0 Å². The van der Waals surface area contributed by atoms with E-state index in [2.05, 4.69) is 69.1 Å². The molecule has 0 saturated heterocycles. The van der Waals surface area contributed by atoms with Gasteiger partial charge in [0.2, 0.25) is 0 Å². The summed E-state index contributed by atoms with van der Waals surface area (Å²) in [4.78, 5) is 0. The van der Waals surface area contributed by atoms with Gasteiger partial charge in [-0.2, -0.15) is 0 Å². The van der Waals surface area contributed by atoms with Gasteiger partial charge in [0.05, 0.1) is 0 Å². The molecule has 1 nitrogen and oxygen atoms in total. The van der Waals surface area contributed by atoms with Crippen molar-refractivity contribution in [3.05, 3.63) is 31.8 Å². The molecular weight excluding hydrogens is 401 g/mol. The van der Waals surface area contributed by atoms with E-state index in [-0.39, 0.29) is 0 Å². The molecule has 0 aromatic heterocycles. The Labute approximate surface area is 132 Å². The summed E-state index contributed by atoms with van der Waals surface area (Å²) in [7, 11) is 2.10. The molecular formula is C15H21BrIN. The van der Waals surface area contributed by atoms with E-state index >= 15 is 0 Å². The van der Waals surface area contributed by atoms with Crippen LogP contribution in [-0.2, 0) is 0 Å². The largest absolute Gasteiger partial charge is 0.313 e. The third kappa shape index (κ3) is 3.70. The van der Waals surface area contributed by atoms with Gasteiger partial charge in [-0.3, -0.25) is 0 Å². The lowest BCUT2D eigenvalue weighted by molar-refractivity contribution is 0.340. The predicted molar refractivity (Wildman–Crippen MR) is 89.9 cm³/mol. The Hall–Kier alpha value is 0.390. The summed E-state index contributed by atoms with van der Waals surface area (Å²) in [6.07, 6.45) is 8.35. The van der Waals surface area contributed by atoms with Crippen LogP contribution >= 0.6 is 38.5 Å². The second-order valence-corrected chi connectivity index (χ2v) is 7.28. The number of halogens is 2. The number of hydrogen-bond donors (Lipinski definition) is 1. The van der Waals surface area contributed by atoms with Crippen LogP contribution in [0, 0.1) is 9.49 Å². The van der Waals surface area contributed by atoms with Crippen molar-refractivity contribution in [1.82, 2.24) is 5.32 Å². The lowest BCUT2D eigenvalue weighted by Gasteiger charge is -2.27. The first-order chi connectivity index (χ1) is 8.72. The van der Waals surface area contributed by atoms with Crippen molar-refractivity contribution in [2.75, 3.05) is 7.05 Å². The molecule has 1 aliphatic carbocycles. The topological polar surface area (TPSA) is 12.0 Å². The first-order valence-electron chi connectivity index (χ1n) is 6.84. The van der Waals surface area contributed by atoms with Gasteiger partial charge in [0.1, 0.15) is 0 Å². The van der Waals surface area contributed by atoms with Crippen molar-refractivity contribution in [2.45, 2.75) is 44.6 Å². The molecule has 1 fully saturated rings. The highest BCUT2D eigenvalue weighted by molar-refractivity contribution is 14.1. The Morgan fingerprint density at radius 3 is 2.50 bits per heavy atom. The average molecular weight is 422 g/mol. The zero-order chi connectivity index (χ0) is 13.0. The molecule has 2 rings (SSSR count). The lowest BCUT2D eigenvalue weighted by atomic mass is 9.87. The monoisotopic (exact) mass is 421 g/mol. The van der Waals surface area contributed by atoms with Gasteiger partial charge in [0, 0.05) is 14.1 Å². The molecule has 1 atom stereocenters. The Bertz CT molecular complexity index is 386. The van der Waals surface area contributed by atoms with Crippen LogP contribution in [0.15, 0.2) is 22.7 Å². The summed E-state index contributed by atoms with van der Waals surface area (Å²) in [5.41, 5.74) is 1.43. The molecule has 0 heterocycles. The van der Waals surface area contributed by atoms with Crippen molar-refractivity contribution in [3.8, 4) is 0 Å². The second-order valence-electron chi connectivity index (χ2n) is 5.18. The maximum Gasteiger partial charge on any atom is 0.0357 e. The molecule has 0 amide bonds. The molecule has 0 aliphatic heterocycles. The minimum Gasteiger partial charge on any atom is -0.313 e. The van der Waals surface area contributed by atoms with Crippen molar-refractivity contribution >= 4 is 38.5 Å². The summed E-state index contributed by atoms with van der Waals surface area (Å²) in [6, 6.07) is 7.15. The third-order valence-electron chi connectivity index (χ3n) is 3.98. The standard InChI is InChI=1S/C15H21BrIN/c1-18-15(11-6-4-2-3-5-7-11)13-10-12(17)8-9-14(13)16/h8-11,15,18H,2-7H2,1H3. The smallest absolute Gasteiger partial charge is 0.0357 e. The van der Waals surface area contributed by atoms with Gasteiger partial charge >= 0.3 is 0 Å². The van der Waals surface area contributed by atoms with Gasteiger partial charge in [0.15, 0.2) is 0 Å². The Kier molecular flexibility index (Phi) is 5.96. The zero-order valence-electron chi connectivity index (χ0n) is 10.9. The lowest BCUT2D eigenvalue weighted by Crippen LogP contribution is -2.25. The summed E-state index contributed by atoms with van der Waals surface area (Å²) < 4.78 is 2.56. The fourth-order valence-corrected chi connectivity index (χ4v) is 4.05. The van der Waals surface area contributed by atoms with Gasteiger partial charge in [-0.05, 0) is 72.2 Å². The molecule has 1 N–H and O–H groups in total. The number of nitrogens with one attached hydrogen (secondary N) is 1. The molecule has 1 aromatic rings. The molecule has 1 unspecified atom stereocenters. The van der Waals surface area contributed by atoms with Gasteiger partial charge in [-0.15, -0.1) is 0 Å². The van der Waals surface area contributed by atoms with E-state index in [0.717, 1.165) is 5.92 Å². The van der Waals surface area contributed by atoms with Crippen molar-refractivity contribution < 1.29 is 0 Å². The highest BCUT2D eigenvalue weighted by atomic mass is 127. The van der Waals surface area contributed by atoms with Crippen LogP contribution < -0.4 is 5.32 Å². The van der Waals surface area contributed by atoms with Gasteiger partial charge in [-0.1, -0.05) is 41.6 Å². The average Bonchev–Trinajstić information content (AvgIpc) is 2.64. The number of rotatable bonds is 3. The van der Waals surface area contributed by atoms with Crippen LogP contribution in [0.4, 0.5) is 0 Å². The van der Waals surface area contributed by atoms with Crippen LogP contribution in [0.5, 0.6) is 0 Å². The highest BCUT2D eigenvalue weighted by Crippen LogP contribution is 2.36. The fourth-order valence-electron chi connectivity index (χ4n) is 3.04. The zero-order valence-corrected chi connectivity index (χ0v) is 14.6. The predicted octanol–water partition coefficient (Wildman–Crippen LogP) is 5.28. The molecule has 0 radical (unpaired) electrons. The summed E-state index contributed by atoms with van der Waals surface area (Å²) in [5.74, 6) is 0.784. The minimum absolute atomic E-state index is 0.493. The van der Waals surface area contributed by atoms with Crippen LogP contribution in [-0.4, -0.2) is 7.05 Å². The SMILES string of the molecule is CNC(c1cc(I)ccc1Br)C1CCCCCC1. The maximum atomic E-state index is 3.71. The van der Waals surface area contributed by atoms with E-state index in [9.17, 15) is 0 Å². The van der Waals surface area contributed by atoms with E-state index in [0.29, 0.717) is 6.04 Å². The molecule has 1 aromatic carbocycles. The molecule has 100 valence electrons. The molecule has 0 bridgehead atoms. The van der Waals surface area contributed by atoms with Crippen LogP contribution in [0.3, 0.4) is 0 Å². The normalized spacial score (nSPS) is 19.5. The van der Waals surface area contributed by atoms with E-state index in [1.807, 2.05) is 0 Å². The first-order valence-corrected chi connectivity index (χ1v) is 8.71. The molecule has 3 heteroatoms. The van der Waals surface area contributed by atoms with Gasteiger partial charge < -0.3 is 5.32 Å². The molecule has 0 spiro atoms. The van der Waals surface area contributed by atoms with E-state index in [1.54, 1.807) is 0 Å². The quantitative estimate of drug-likeness (QED) is 0.516. The second kappa shape index (κ2) is 7.25. The van der Waals surface area contributed by atoms with Crippen LogP contribution in [0.25, 0.3) is 0 Å². The third-order valence-corrected chi connectivity index (χ3v) is 5.37. The van der Waals surface area contributed by atoms with E-state index in [1.165, 1.54) is 52.1 Å². The first kappa shape index (κ1) is 14.8. The van der Waals surface area contributed by atoms with Crippen molar-refractivity contribution in [3.63, 3.8) is 0 Å².